The first kappa shape index (κ1) is 13.0. The van der Waals surface area contributed by atoms with Crippen molar-refractivity contribution in [2.45, 2.75) is 34.1 Å². The molecule has 0 radical (unpaired) electrons. The van der Waals surface area contributed by atoms with E-state index in [9.17, 15) is 4.79 Å². The summed E-state index contributed by atoms with van der Waals surface area (Å²) in [6.07, 6.45) is 0.472. The number of carboxylic acid groups (broad SMARTS) is 1. The first-order valence-corrected chi connectivity index (χ1v) is 6.71. The van der Waals surface area contributed by atoms with Gasteiger partial charge in [0.05, 0.1) is 20.6 Å². The Bertz CT molecular complexity index is 614. The van der Waals surface area contributed by atoms with Gasteiger partial charge in [0.1, 0.15) is 0 Å². The highest BCUT2D eigenvalue weighted by Gasteiger charge is 2.28. The van der Waals surface area contributed by atoms with Crippen LogP contribution in [0, 0.1) is 19.3 Å². The molecule has 1 heterocycles. The third-order valence-corrected chi connectivity index (χ3v) is 4.24. The van der Waals surface area contributed by atoms with Gasteiger partial charge < -0.3 is 5.11 Å². The van der Waals surface area contributed by atoms with Gasteiger partial charge in [-0.25, -0.2) is 4.98 Å². The fourth-order valence-corrected chi connectivity index (χ4v) is 3.19. The topological polar surface area (TPSA) is 50.2 Å². The maximum atomic E-state index is 11.1. The molecule has 96 valence electrons. The number of aromatic nitrogens is 1. The van der Waals surface area contributed by atoms with Crippen molar-refractivity contribution < 1.29 is 9.90 Å². The number of carbonyl (C=O) groups is 1. The zero-order valence-electron chi connectivity index (χ0n) is 11.1. The van der Waals surface area contributed by atoms with Gasteiger partial charge >= 0.3 is 5.97 Å². The molecule has 2 rings (SSSR count). The van der Waals surface area contributed by atoms with Gasteiger partial charge in [0.2, 0.25) is 0 Å². The van der Waals surface area contributed by atoms with E-state index in [4.69, 9.17) is 5.11 Å². The maximum Gasteiger partial charge on any atom is 0.309 e. The summed E-state index contributed by atoms with van der Waals surface area (Å²) in [4.78, 5) is 15.7. The number of hydrogen-bond donors (Lipinski definition) is 1. The lowest BCUT2D eigenvalue weighted by atomic mass is 9.90. The summed E-state index contributed by atoms with van der Waals surface area (Å²) < 4.78 is 1.16. The highest BCUT2D eigenvalue weighted by molar-refractivity contribution is 7.18. The van der Waals surface area contributed by atoms with Crippen LogP contribution in [0.15, 0.2) is 12.1 Å². The van der Waals surface area contributed by atoms with Crippen molar-refractivity contribution in [3.05, 3.63) is 28.3 Å². The Kier molecular flexibility index (Phi) is 3.15. The molecule has 0 aliphatic carbocycles. The monoisotopic (exact) mass is 263 g/mol. The van der Waals surface area contributed by atoms with Crippen LogP contribution in [0.5, 0.6) is 0 Å². The largest absolute Gasteiger partial charge is 0.481 e. The summed E-state index contributed by atoms with van der Waals surface area (Å²) in [6, 6.07) is 4.18. The number of aryl methyl sites for hydroxylation is 2. The van der Waals surface area contributed by atoms with E-state index < -0.39 is 11.4 Å². The van der Waals surface area contributed by atoms with Crippen molar-refractivity contribution in [1.29, 1.82) is 0 Å². The number of carboxylic acids is 1. The van der Waals surface area contributed by atoms with E-state index >= 15 is 0 Å². The molecule has 2 aromatic rings. The van der Waals surface area contributed by atoms with Crippen LogP contribution in [0.3, 0.4) is 0 Å². The van der Waals surface area contributed by atoms with E-state index in [2.05, 4.69) is 24.0 Å². The van der Waals surface area contributed by atoms with Crippen molar-refractivity contribution >= 4 is 27.5 Å². The van der Waals surface area contributed by atoms with Crippen LogP contribution in [0.25, 0.3) is 10.2 Å². The number of thiazole rings is 1. The number of benzene rings is 1. The molecule has 0 bridgehead atoms. The molecule has 1 aromatic carbocycles. The lowest BCUT2D eigenvalue weighted by molar-refractivity contribution is -0.146. The maximum absolute atomic E-state index is 11.1. The standard InChI is InChI=1S/C14H17NO2S/c1-8-5-9(2)12-10(6-8)15-11(18-12)7-14(3,4)13(16)17/h5-6H,7H2,1-4H3,(H,16,17). The molecule has 0 fully saturated rings. The lowest BCUT2D eigenvalue weighted by Crippen LogP contribution is -2.26. The zero-order valence-corrected chi connectivity index (χ0v) is 11.9. The molecule has 0 spiro atoms. The average molecular weight is 263 g/mol. The molecule has 1 aromatic heterocycles. The van der Waals surface area contributed by atoms with Crippen LogP contribution in [-0.4, -0.2) is 16.1 Å². The predicted molar refractivity (Wildman–Crippen MR) is 74.2 cm³/mol. The van der Waals surface area contributed by atoms with Crippen LogP contribution in [0.4, 0.5) is 0 Å². The Morgan fingerprint density at radius 3 is 2.67 bits per heavy atom. The van der Waals surface area contributed by atoms with Gasteiger partial charge in [-0.05, 0) is 44.9 Å². The van der Waals surface area contributed by atoms with Gasteiger partial charge in [-0.1, -0.05) is 6.07 Å². The fraction of sp³-hybridized carbons (Fsp3) is 0.429. The van der Waals surface area contributed by atoms with Gasteiger partial charge in [-0.2, -0.15) is 0 Å². The smallest absolute Gasteiger partial charge is 0.309 e. The van der Waals surface area contributed by atoms with Gasteiger partial charge in [-0.15, -0.1) is 11.3 Å². The Morgan fingerprint density at radius 2 is 2.06 bits per heavy atom. The minimum atomic E-state index is -0.783. The second kappa shape index (κ2) is 4.35. The molecule has 3 nitrogen and oxygen atoms in total. The number of hydrogen-bond acceptors (Lipinski definition) is 3. The van der Waals surface area contributed by atoms with Gasteiger partial charge in [0.25, 0.3) is 0 Å². The highest BCUT2D eigenvalue weighted by Crippen LogP contribution is 2.31. The summed E-state index contributed by atoms with van der Waals surface area (Å²) >= 11 is 1.60. The molecular weight excluding hydrogens is 246 g/mol. The first-order valence-electron chi connectivity index (χ1n) is 5.90. The molecule has 18 heavy (non-hydrogen) atoms. The van der Waals surface area contributed by atoms with E-state index in [1.807, 2.05) is 6.92 Å². The number of rotatable bonds is 3. The second-order valence-corrected chi connectivity index (χ2v) is 6.49. The van der Waals surface area contributed by atoms with Gasteiger partial charge in [0.15, 0.2) is 0 Å². The molecule has 0 saturated carbocycles. The minimum absolute atomic E-state index is 0.472. The molecule has 0 amide bonds. The average Bonchev–Trinajstić information content (AvgIpc) is 2.59. The summed E-state index contributed by atoms with van der Waals surface area (Å²) in [7, 11) is 0. The van der Waals surface area contributed by atoms with Crippen LogP contribution >= 0.6 is 11.3 Å². The summed E-state index contributed by atoms with van der Waals surface area (Å²) in [6.45, 7) is 7.59. The molecular formula is C14H17NO2S. The quantitative estimate of drug-likeness (QED) is 0.921. The lowest BCUT2D eigenvalue weighted by Gasteiger charge is -2.16. The Morgan fingerprint density at radius 1 is 1.39 bits per heavy atom. The summed E-state index contributed by atoms with van der Waals surface area (Å²) in [5.41, 5.74) is 2.61. The fourth-order valence-electron chi connectivity index (χ4n) is 1.95. The van der Waals surface area contributed by atoms with Crippen molar-refractivity contribution in [3.63, 3.8) is 0 Å². The normalized spacial score (nSPS) is 12.0. The molecule has 0 aliphatic rings. The SMILES string of the molecule is Cc1cc(C)c2sc(CC(C)(C)C(=O)O)nc2c1. The van der Waals surface area contributed by atoms with E-state index in [0.717, 1.165) is 15.2 Å². The van der Waals surface area contributed by atoms with Gasteiger partial charge in [-0.3, -0.25) is 4.79 Å². The molecule has 0 saturated heterocycles. The molecule has 0 atom stereocenters. The zero-order chi connectivity index (χ0) is 13.5. The number of nitrogens with zero attached hydrogens (tertiary/aromatic N) is 1. The van der Waals surface area contributed by atoms with Crippen molar-refractivity contribution in [3.8, 4) is 0 Å². The van der Waals surface area contributed by atoms with Crippen molar-refractivity contribution in [1.82, 2.24) is 4.98 Å². The second-order valence-electron chi connectivity index (χ2n) is 5.40. The Balaban J connectivity index is 2.42. The Hall–Kier alpha value is -1.42. The van der Waals surface area contributed by atoms with Crippen LogP contribution in [-0.2, 0) is 11.2 Å². The highest BCUT2D eigenvalue weighted by atomic mass is 32.1. The van der Waals surface area contributed by atoms with E-state index in [1.165, 1.54) is 11.1 Å². The molecule has 0 unspecified atom stereocenters. The van der Waals surface area contributed by atoms with Crippen LogP contribution in [0.1, 0.15) is 30.0 Å². The van der Waals surface area contributed by atoms with Gasteiger partial charge in [0, 0.05) is 6.42 Å². The predicted octanol–water partition coefficient (Wildman–Crippen LogP) is 3.57. The van der Waals surface area contributed by atoms with E-state index in [1.54, 1.807) is 25.2 Å². The van der Waals surface area contributed by atoms with E-state index in [0.29, 0.717) is 6.42 Å². The van der Waals surface area contributed by atoms with E-state index in [-0.39, 0.29) is 0 Å². The van der Waals surface area contributed by atoms with Crippen molar-refractivity contribution in [2.24, 2.45) is 5.41 Å². The van der Waals surface area contributed by atoms with Crippen molar-refractivity contribution in [2.75, 3.05) is 0 Å². The number of aliphatic carboxylic acids is 1. The molecule has 4 heteroatoms. The number of fused-ring (bicyclic) bond motifs is 1. The molecule has 0 aliphatic heterocycles. The summed E-state index contributed by atoms with van der Waals surface area (Å²) in [5.74, 6) is -0.783. The first-order chi connectivity index (χ1) is 8.29. The Labute approximate surface area is 110 Å². The van der Waals surface area contributed by atoms with Crippen LogP contribution in [0.2, 0.25) is 0 Å². The summed E-state index contributed by atoms with van der Waals surface area (Å²) in [5, 5.41) is 10.0. The third kappa shape index (κ3) is 2.38. The minimum Gasteiger partial charge on any atom is -0.481 e. The van der Waals surface area contributed by atoms with Crippen LogP contribution < -0.4 is 0 Å². The third-order valence-electron chi connectivity index (χ3n) is 3.04. The molecule has 1 N–H and O–H groups in total.